The van der Waals surface area contributed by atoms with E-state index in [1.807, 2.05) is 20.9 Å². The van der Waals surface area contributed by atoms with Crippen LogP contribution in [0, 0.1) is 5.92 Å². The quantitative estimate of drug-likeness (QED) is 0.759. The van der Waals surface area contributed by atoms with Crippen molar-refractivity contribution in [2.24, 2.45) is 5.92 Å². The molecule has 1 saturated carbocycles. The van der Waals surface area contributed by atoms with Gasteiger partial charge >= 0.3 is 0 Å². The molecule has 1 aliphatic carbocycles. The number of hydrogen-bond donors (Lipinski definition) is 0. The fourth-order valence-electron chi connectivity index (χ4n) is 4.14. The molecular formula is C21H28N2O3. The van der Waals surface area contributed by atoms with Crippen LogP contribution in [0.1, 0.15) is 73.1 Å². The van der Waals surface area contributed by atoms with Crippen LogP contribution >= 0.6 is 0 Å². The Morgan fingerprint density at radius 2 is 1.62 bits per heavy atom. The molecule has 3 amide bonds. The number of carbonyl (C=O) groups excluding carboxylic acids is 3. The van der Waals surface area contributed by atoms with Gasteiger partial charge in [-0.15, -0.1) is 0 Å². The summed E-state index contributed by atoms with van der Waals surface area (Å²) in [6, 6.07) is 6.31. The molecule has 1 atom stereocenters. The van der Waals surface area contributed by atoms with Gasteiger partial charge in [-0.3, -0.25) is 19.3 Å². The van der Waals surface area contributed by atoms with E-state index in [1.54, 1.807) is 29.2 Å². The van der Waals surface area contributed by atoms with Gasteiger partial charge in [0.25, 0.3) is 11.8 Å². The fraction of sp³-hybridized carbons (Fsp3) is 0.571. The van der Waals surface area contributed by atoms with Crippen molar-refractivity contribution >= 4 is 17.7 Å². The molecular weight excluding hydrogens is 328 g/mol. The lowest BCUT2D eigenvalue weighted by Crippen LogP contribution is -2.53. The molecule has 0 aromatic heterocycles. The van der Waals surface area contributed by atoms with E-state index in [-0.39, 0.29) is 29.7 Å². The number of benzene rings is 1. The standard InChI is InChI=1S/C21H28N2O3/c1-14(2)13-18(21(26)22(3)15-9-5-4-6-10-15)23-19(24)16-11-7-8-12-17(16)20(23)25/h7-8,11-12,14-15,18H,4-6,9-10,13H2,1-3H3. The zero-order chi connectivity index (χ0) is 18.8. The van der Waals surface area contributed by atoms with Crippen LogP contribution in [0.4, 0.5) is 0 Å². The zero-order valence-corrected chi connectivity index (χ0v) is 15.9. The van der Waals surface area contributed by atoms with Crippen molar-refractivity contribution in [2.75, 3.05) is 7.05 Å². The van der Waals surface area contributed by atoms with E-state index in [4.69, 9.17) is 0 Å². The molecule has 5 nitrogen and oxygen atoms in total. The predicted octanol–water partition coefficient (Wildman–Crippen LogP) is 3.49. The molecule has 1 fully saturated rings. The highest BCUT2D eigenvalue weighted by molar-refractivity contribution is 6.22. The maximum Gasteiger partial charge on any atom is 0.262 e. The second kappa shape index (κ2) is 7.60. The summed E-state index contributed by atoms with van der Waals surface area (Å²) < 4.78 is 0. The molecule has 1 aromatic rings. The van der Waals surface area contributed by atoms with Crippen molar-refractivity contribution in [3.63, 3.8) is 0 Å². The number of likely N-dealkylation sites (N-methyl/N-ethyl adjacent to an activating group) is 1. The number of nitrogens with zero attached hydrogens (tertiary/aromatic N) is 2. The van der Waals surface area contributed by atoms with Crippen LogP contribution in [0.3, 0.4) is 0 Å². The van der Waals surface area contributed by atoms with Crippen LogP contribution in [0.5, 0.6) is 0 Å². The van der Waals surface area contributed by atoms with Crippen LogP contribution in [0.25, 0.3) is 0 Å². The Hall–Kier alpha value is -2.17. The van der Waals surface area contributed by atoms with Gasteiger partial charge in [-0.1, -0.05) is 45.2 Å². The van der Waals surface area contributed by atoms with Gasteiger partial charge in [0.15, 0.2) is 0 Å². The summed E-state index contributed by atoms with van der Waals surface area (Å²) in [4.78, 5) is 42.0. The third kappa shape index (κ3) is 3.39. The summed E-state index contributed by atoms with van der Waals surface area (Å²) in [5.74, 6) is -0.601. The van der Waals surface area contributed by atoms with Crippen molar-refractivity contribution in [3.05, 3.63) is 35.4 Å². The summed E-state index contributed by atoms with van der Waals surface area (Å²) in [6.45, 7) is 4.03. The molecule has 1 aliphatic heterocycles. The SMILES string of the molecule is CC(C)CC(C(=O)N(C)C1CCCCC1)N1C(=O)c2ccccc2C1=O. The summed E-state index contributed by atoms with van der Waals surface area (Å²) in [5.41, 5.74) is 0.804. The number of fused-ring (bicyclic) bond motifs is 1. The van der Waals surface area contributed by atoms with Gasteiger partial charge in [0, 0.05) is 13.1 Å². The number of rotatable bonds is 5. The largest absolute Gasteiger partial charge is 0.341 e. The third-order valence-electron chi connectivity index (χ3n) is 5.59. The maximum absolute atomic E-state index is 13.3. The van der Waals surface area contributed by atoms with Crippen LogP contribution in [-0.2, 0) is 4.79 Å². The van der Waals surface area contributed by atoms with Crippen molar-refractivity contribution in [2.45, 2.75) is 64.5 Å². The van der Waals surface area contributed by atoms with E-state index in [0.717, 1.165) is 25.7 Å². The molecule has 3 rings (SSSR count). The van der Waals surface area contributed by atoms with Gasteiger partial charge in [-0.05, 0) is 37.3 Å². The molecule has 0 radical (unpaired) electrons. The molecule has 26 heavy (non-hydrogen) atoms. The monoisotopic (exact) mass is 356 g/mol. The Kier molecular flexibility index (Phi) is 5.44. The summed E-state index contributed by atoms with van der Waals surface area (Å²) in [7, 11) is 1.82. The lowest BCUT2D eigenvalue weighted by molar-refractivity contribution is -0.137. The fourth-order valence-corrected chi connectivity index (χ4v) is 4.14. The van der Waals surface area contributed by atoms with E-state index in [0.29, 0.717) is 17.5 Å². The summed E-state index contributed by atoms with van der Waals surface area (Å²) in [6.07, 6.45) is 5.96. The topological polar surface area (TPSA) is 57.7 Å². The average Bonchev–Trinajstić information content (AvgIpc) is 2.90. The Morgan fingerprint density at radius 1 is 1.08 bits per heavy atom. The van der Waals surface area contributed by atoms with Gasteiger partial charge in [0.2, 0.25) is 5.91 Å². The lowest BCUT2D eigenvalue weighted by atomic mass is 9.93. The zero-order valence-electron chi connectivity index (χ0n) is 15.9. The molecule has 140 valence electrons. The van der Waals surface area contributed by atoms with E-state index in [1.165, 1.54) is 11.3 Å². The minimum atomic E-state index is -0.727. The van der Waals surface area contributed by atoms with E-state index in [2.05, 4.69) is 0 Å². The van der Waals surface area contributed by atoms with Crippen LogP contribution in [0.2, 0.25) is 0 Å². The molecule has 0 bridgehead atoms. The van der Waals surface area contributed by atoms with Crippen molar-refractivity contribution in [1.82, 2.24) is 9.80 Å². The van der Waals surface area contributed by atoms with Gasteiger partial charge in [-0.2, -0.15) is 0 Å². The van der Waals surface area contributed by atoms with Crippen molar-refractivity contribution < 1.29 is 14.4 Å². The summed E-state index contributed by atoms with van der Waals surface area (Å²) >= 11 is 0. The highest BCUT2D eigenvalue weighted by atomic mass is 16.2. The minimum absolute atomic E-state index is 0.111. The normalized spacial score (nSPS) is 19.0. The average molecular weight is 356 g/mol. The van der Waals surface area contributed by atoms with Crippen LogP contribution in [0.15, 0.2) is 24.3 Å². The van der Waals surface area contributed by atoms with Gasteiger partial charge in [0.1, 0.15) is 6.04 Å². The smallest absolute Gasteiger partial charge is 0.262 e. The van der Waals surface area contributed by atoms with E-state index in [9.17, 15) is 14.4 Å². The molecule has 0 spiro atoms. The molecule has 1 unspecified atom stereocenters. The van der Waals surface area contributed by atoms with Crippen molar-refractivity contribution in [3.8, 4) is 0 Å². The van der Waals surface area contributed by atoms with Gasteiger partial charge in [-0.25, -0.2) is 0 Å². The lowest BCUT2D eigenvalue weighted by Gasteiger charge is -2.36. The maximum atomic E-state index is 13.3. The summed E-state index contributed by atoms with van der Waals surface area (Å²) in [5, 5.41) is 0. The Bertz CT molecular complexity index is 672. The number of carbonyl (C=O) groups is 3. The second-order valence-corrected chi connectivity index (χ2v) is 7.91. The molecule has 0 N–H and O–H groups in total. The molecule has 5 heteroatoms. The number of imide groups is 1. The second-order valence-electron chi connectivity index (χ2n) is 7.91. The van der Waals surface area contributed by atoms with E-state index < -0.39 is 6.04 Å². The first-order valence-electron chi connectivity index (χ1n) is 9.65. The minimum Gasteiger partial charge on any atom is -0.341 e. The third-order valence-corrected chi connectivity index (χ3v) is 5.59. The first-order valence-corrected chi connectivity index (χ1v) is 9.65. The first-order chi connectivity index (χ1) is 12.4. The number of hydrogen-bond acceptors (Lipinski definition) is 3. The highest BCUT2D eigenvalue weighted by Crippen LogP contribution is 2.29. The molecule has 0 saturated heterocycles. The Balaban J connectivity index is 1.88. The Morgan fingerprint density at radius 3 is 2.12 bits per heavy atom. The molecule has 1 heterocycles. The van der Waals surface area contributed by atoms with Crippen LogP contribution in [-0.4, -0.2) is 46.7 Å². The predicted molar refractivity (Wildman–Crippen MR) is 99.8 cm³/mol. The first kappa shape index (κ1) is 18.6. The van der Waals surface area contributed by atoms with Crippen LogP contribution < -0.4 is 0 Å². The number of amides is 3. The van der Waals surface area contributed by atoms with E-state index >= 15 is 0 Å². The molecule has 1 aromatic carbocycles. The highest BCUT2D eigenvalue weighted by Gasteiger charge is 2.44. The van der Waals surface area contributed by atoms with Gasteiger partial charge < -0.3 is 4.90 Å². The molecule has 2 aliphatic rings. The van der Waals surface area contributed by atoms with Gasteiger partial charge in [0.05, 0.1) is 11.1 Å². The Labute approximate surface area is 155 Å². The van der Waals surface area contributed by atoms with Crippen molar-refractivity contribution in [1.29, 1.82) is 0 Å².